The van der Waals surface area contributed by atoms with E-state index < -0.39 is 5.60 Å². The van der Waals surface area contributed by atoms with E-state index in [2.05, 4.69) is 6.58 Å². The van der Waals surface area contributed by atoms with E-state index in [1.165, 1.54) is 0 Å². The molecule has 0 N–H and O–H groups in total. The maximum absolute atomic E-state index is 11.5. The molecule has 0 aromatic heterocycles. The smallest absolute Gasteiger partial charge is 0.326 e. The fourth-order valence-electron chi connectivity index (χ4n) is 1.11. The summed E-state index contributed by atoms with van der Waals surface area (Å²) in [5.74, 6) is -0.363. The average Bonchev–Trinajstić information content (AvgIpc) is 2.16. The molecule has 0 spiro atoms. The van der Waals surface area contributed by atoms with Crippen molar-refractivity contribution >= 4 is 16.5 Å². The van der Waals surface area contributed by atoms with Gasteiger partial charge in [0.1, 0.15) is 0 Å². The van der Waals surface area contributed by atoms with E-state index in [1.54, 1.807) is 6.92 Å². The minimum atomic E-state index is -0.994. The zero-order chi connectivity index (χ0) is 11.9. The molecule has 0 amide bonds. The van der Waals surface area contributed by atoms with Crippen molar-refractivity contribution in [2.75, 3.05) is 19.8 Å². The molecule has 0 aliphatic rings. The summed E-state index contributed by atoms with van der Waals surface area (Å²) in [6, 6.07) is 0. The minimum Gasteiger partial charge on any atom is -0.527 e. The lowest BCUT2D eigenvalue weighted by Gasteiger charge is -2.26. The molecule has 0 aromatic rings. The van der Waals surface area contributed by atoms with Crippen LogP contribution in [0, 0.1) is 0 Å². The number of hydrogen-bond donors (Lipinski definition) is 0. The van der Waals surface area contributed by atoms with Crippen LogP contribution in [-0.2, 0) is 18.7 Å². The third-order valence-electron chi connectivity index (χ3n) is 1.81. The van der Waals surface area contributed by atoms with Crippen molar-refractivity contribution < 1.29 is 18.7 Å². The van der Waals surface area contributed by atoms with Gasteiger partial charge in [-0.15, -0.1) is 0 Å². The van der Waals surface area contributed by atoms with Crippen LogP contribution in [-0.4, -0.2) is 41.9 Å². The number of hydrogen-bond acceptors (Lipinski definition) is 4. The quantitative estimate of drug-likeness (QED) is 0.464. The van der Waals surface area contributed by atoms with Crippen LogP contribution in [0.15, 0.2) is 12.2 Å². The van der Waals surface area contributed by atoms with Crippen molar-refractivity contribution in [2.45, 2.75) is 26.4 Å². The van der Waals surface area contributed by atoms with Crippen LogP contribution in [0.3, 0.4) is 0 Å². The third kappa shape index (κ3) is 5.11. The van der Waals surface area contributed by atoms with Crippen LogP contribution in [0.1, 0.15) is 20.8 Å². The lowest BCUT2D eigenvalue weighted by molar-refractivity contribution is -0.167. The first-order valence-corrected chi connectivity index (χ1v) is 5.72. The number of rotatable bonds is 7. The van der Waals surface area contributed by atoms with Gasteiger partial charge in [0, 0.05) is 6.61 Å². The van der Waals surface area contributed by atoms with E-state index in [1.807, 2.05) is 13.8 Å². The Bertz CT molecular complexity index is 229. The SMILES string of the molecule is C=C(C)COCC(C)(OCC)C(=O)O[SiH3]. The maximum atomic E-state index is 11.5. The Morgan fingerprint density at radius 3 is 2.53 bits per heavy atom. The second-order valence-corrected chi connectivity index (χ2v) is 4.01. The van der Waals surface area contributed by atoms with Gasteiger partial charge in [0.2, 0.25) is 10.5 Å². The summed E-state index contributed by atoms with van der Waals surface area (Å²) in [5, 5.41) is 0. The number of carbonyl (C=O) groups is 1. The van der Waals surface area contributed by atoms with E-state index >= 15 is 0 Å². The van der Waals surface area contributed by atoms with Gasteiger partial charge in [-0.25, -0.2) is 0 Å². The molecule has 4 nitrogen and oxygen atoms in total. The maximum Gasteiger partial charge on any atom is 0.326 e. The molecule has 0 aromatic carbocycles. The zero-order valence-electron chi connectivity index (χ0n) is 9.96. The first-order valence-electron chi connectivity index (χ1n) is 4.90. The van der Waals surface area contributed by atoms with Crippen LogP contribution >= 0.6 is 0 Å². The molecule has 0 aliphatic carbocycles. The normalized spacial score (nSPS) is 14.6. The Morgan fingerprint density at radius 1 is 1.53 bits per heavy atom. The predicted octanol–water partition coefficient (Wildman–Crippen LogP) is 0.198. The molecular weight excluding hydrogens is 212 g/mol. The van der Waals surface area contributed by atoms with E-state index in [9.17, 15) is 4.79 Å². The summed E-state index contributed by atoms with van der Waals surface area (Å²) in [5.41, 5.74) is -0.0838. The van der Waals surface area contributed by atoms with Crippen molar-refractivity contribution in [1.82, 2.24) is 0 Å². The largest absolute Gasteiger partial charge is 0.527 e. The van der Waals surface area contributed by atoms with Crippen LogP contribution < -0.4 is 0 Å². The van der Waals surface area contributed by atoms with Gasteiger partial charge in [-0.2, -0.15) is 0 Å². The number of ether oxygens (including phenoxy) is 2. The second-order valence-electron chi connectivity index (χ2n) is 3.61. The summed E-state index contributed by atoms with van der Waals surface area (Å²) in [4.78, 5) is 11.5. The molecule has 5 heteroatoms. The molecule has 0 radical (unpaired) electrons. The van der Waals surface area contributed by atoms with Gasteiger partial charge in [-0.1, -0.05) is 12.2 Å². The summed E-state index contributed by atoms with van der Waals surface area (Å²) >= 11 is 0. The Labute approximate surface area is 94.1 Å². The lowest BCUT2D eigenvalue weighted by atomic mass is 10.1. The summed E-state index contributed by atoms with van der Waals surface area (Å²) in [6.07, 6.45) is 0. The predicted molar refractivity (Wildman–Crippen MR) is 61.7 cm³/mol. The van der Waals surface area contributed by atoms with Gasteiger partial charge in [0.25, 0.3) is 0 Å². The molecule has 0 heterocycles. The molecule has 0 aliphatic heterocycles. The highest BCUT2D eigenvalue weighted by Crippen LogP contribution is 2.13. The van der Waals surface area contributed by atoms with Gasteiger partial charge in [0.15, 0.2) is 5.60 Å². The standard InChI is InChI=1S/C10H20O4Si/c1-5-13-10(4,9(11)14-15)7-12-6-8(2)3/h2,5-7H2,1,3-4,15H3. The molecule has 0 fully saturated rings. The highest BCUT2D eigenvalue weighted by atomic mass is 28.2. The summed E-state index contributed by atoms with van der Waals surface area (Å²) < 4.78 is 15.5. The molecule has 15 heavy (non-hydrogen) atoms. The molecule has 0 rings (SSSR count). The molecule has 1 unspecified atom stereocenters. The van der Waals surface area contributed by atoms with Crippen molar-refractivity contribution in [3.8, 4) is 0 Å². The summed E-state index contributed by atoms with van der Waals surface area (Å²) in [7, 11) is 0.363. The van der Waals surface area contributed by atoms with Crippen molar-refractivity contribution in [3.05, 3.63) is 12.2 Å². The van der Waals surface area contributed by atoms with Crippen LogP contribution in [0.25, 0.3) is 0 Å². The van der Waals surface area contributed by atoms with E-state index in [0.717, 1.165) is 5.57 Å². The molecule has 88 valence electrons. The first-order chi connectivity index (χ1) is 6.96. The second kappa shape index (κ2) is 6.76. The third-order valence-corrected chi connectivity index (χ3v) is 2.18. The Morgan fingerprint density at radius 2 is 2.13 bits per heavy atom. The van der Waals surface area contributed by atoms with Gasteiger partial charge in [-0.3, -0.25) is 4.79 Å². The van der Waals surface area contributed by atoms with E-state index in [4.69, 9.17) is 13.9 Å². The van der Waals surface area contributed by atoms with Gasteiger partial charge in [-0.05, 0) is 20.8 Å². The van der Waals surface area contributed by atoms with Crippen molar-refractivity contribution in [3.63, 3.8) is 0 Å². The van der Waals surface area contributed by atoms with Crippen LogP contribution in [0.4, 0.5) is 0 Å². The fourth-order valence-corrected chi connectivity index (χ4v) is 1.55. The molecule has 1 atom stereocenters. The minimum absolute atomic E-state index is 0.189. The van der Waals surface area contributed by atoms with Gasteiger partial charge >= 0.3 is 5.97 Å². The molecular formula is C10H20O4Si. The van der Waals surface area contributed by atoms with Gasteiger partial charge in [0.05, 0.1) is 13.2 Å². The molecule has 0 saturated heterocycles. The highest BCUT2D eigenvalue weighted by Gasteiger charge is 2.35. The Hall–Kier alpha value is -0.653. The molecule has 0 saturated carbocycles. The molecule has 0 bridgehead atoms. The van der Waals surface area contributed by atoms with Crippen LogP contribution in [0.2, 0.25) is 0 Å². The van der Waals surface area contributed by atoms with E-state index in [-0.39, 0.29) is 12.6 Å². The topological polar surface area (TPSA) is 44.8 Å². The monoisotopic (exact) mass is 232 g/mol. The van der Waals surface area contributed by atoms with Crippen molar-refractivity contribution in [2.24, 2.45) is 0 Å². The van der Waals surface area contributed by atoms with Crippen molar-refractivity contribution in [1.29, 1.82) is 0 Å². The van der Waals surface area contributed by atoms with Gasteiger partial charge < -0.3 is 13.9 Å². The van der Waals surface area contributed by atoms with Crippen LogP contribution in [0.5, 0.6) is 0 Å². The average molecular weight is 232 g/mol. The fraction of sp³-hybridized carbons (Fsp3) is 0.700. The first kappa shape index (κ1) is 14.3. The Balaban J connectivity index is 4.24. The Kier molecular flexibility index (Phi) is 6.47. The lowest BCUT2D eigenvalue weighted by Crippen LogP contribution is -2.44. The summed E-state index contributed by atoms with van der Waals surface area (Å²) in [6.45, 7) is 10.1. The van der Waals surface area contributed by atoms with E-state index in [0.29, 0.717) is 23.7 Å². The number of carbonyl (C=O) groups excluding carboxylic acids is 1. The highest BCUT2D eigenvalue weighted by molar-refractivity contribution is 6.06. The zero-order valence-corrected chi connectivity index (χ0v) is 12.0.